The number of carbonyl (C=O) groups is 2. The number of aliphatic hydroxyl groups is 1. The predicted octanol–water partition coefficient (Wildman–Crippen LogP) is 4.07. The minimum atomic E-state index is -0.741. The molecule has 1 aliphatic rings. The van der Waals surface area contributed by atoms with Crippen LogP contribution in [-0.4, -0.2) is 47.4 Å². The lowest BCUT2D eigenvalue weighted by Crippen LogP contribution is -2.31. The topological polar surface area (TPSA) is 89.0 Å². The van der Waals surface area contributed by atoms with Crippen molar-refractivity contribution >= 4 is 17.4 Å². The Labute approximate surface area is 198 Å². The quantitative estimate of drug-likeness (QED) is 0.326. The number of ether oxygens (including phenoxy) is 2. The second-order valence-electron chi connectivity index (χ2n) is 8.08. The summed E-state index contributed by atoms with van der Waals surface area (Å²) in [5.74, 6) is -0.353. The van der Waals surface area contributed by atoms with Crippen molar-refractivity contribution in [1.29, 1.82) is 0 Å². The van der Waals surface area contributed by atoms with Crippen molar-refractivity contribution in [1.82, 2.24) is 9.88 Å². The van der Waals surface area contributed by atoms with Crippen molar-refractivity contribution in [2.45, 2.75) is 19.4 Å². The summed E-state index contributed by atoms with van der Waals surface area (Å²) in [7, 11) is 3.13. The molecule has 1 fully saturated rings. The summed E-state index contributed by atoms with van der Waals surface area (Å²) in [6.07, 6.45) is 3.72. The highest BCUT2D eigenvalue weighted by Crippen LogP contribution is 2.39. The number of aliphatic hydroxyl groups excluding tert-OH is 1. The first-order chi connectivity index (χ1) is 16.4. The van der Waals surface area contributed by atoms with Crippen LogP contribution in [0.2, 0.25) is 0 Å². The number of likely N-dealkylation sites (tertiary alicyclic amines) is 1. The maximum absolute atomic E-state index is 13.1. The number of aromatic nitrogens is 1. The molecule has 0 aliphatic carbocycles. The molecule has 3 aromatic rings. The molecule has 1 aromatic heterocycles. The normalized spacial score (nSPS) is 17.1. The molecular formula is C27H26N2O5. The number of amides is 1. The van der Waals surface area contributed by atoms with E-state index in [9.17, 15) is 14.7 Å². The average molecular weight is 459 g/mol. The van der Waals surface area contributed by atoms with E-state index in [1.54, 1.807) is 56.9 Å². The number of methoxy groups -OCH3 is 2. The zero-order valence-corrected chi connectivity index (χ0v) is 19.3. The molecule has 1 unspecified atom stereocenters. The van der Waals surface area contributed by atoms with E-state index in [-0.39, 0.29) is 17.9 Å². The van der Waals surface area contributed by atoms with Crippen LogP contribution in [0.3, 0.4) is 0 Å². The van der Waals surface area contributed by atoms with Gasteiger partial charge in [-0.1, -0.05) is 42.0 Å². The molecule has 2 heterocycles. The van der Waals surface area contributed by atoms with Gasteiger partial charge in [0, 0.05) is 24.5 Å². The van der Waals surface area contributed by atoms with Crippen LogP contribution in [0.25, 0.3) is 5.76 Å². The first kappa shape index (κ1) is 23.0. The van der Waals surface area contributed by atoms with Crippen LogP contribution in [0.1, 0.15) is 28.3 Å². The Balaban J connectivity index is 1.72. The van der Waals surface area contributed by atoms with Crippen molar-refractivity contribution in [3.8, 4) is 11.5 Å². The standard InChI is InChI=1S/C27H26N2O5/c1-17-6-9-19(10-7-17)25(30)23-24(20-5-4-13-28-16-20)29(27(32)26(23)31)14-12-18-8-11-21(33-2)22(15-18)34-3/h4-11,13,15-16,24,30H,12,14H2,1-3H3/b25-23-. The number of Topliss-reactive ketones (excluding diaryl/α,β-unsaturated/α-hetero) is 1. The zero-order chi connectivity index (χ0) is 24.2. The summed E-state index contributed by atoms with van der Waals surface area (Å²) in [4.78, 5) is 31.9. The van der Waals surface area contributed by atoms with Crippen molar-refractivity contribution in [3.63, 3.8) is 0 Å². The van der Waals surface area contributed by atoms with Crippen LogP contribution in [0.5, 0.6) is 11.5 Å². The summed E-state index contributed by atoms with van der Waals surface area (Å²) in [6.45, 7) is 2.21. The van der Waals surface area contributed by atoms with E-state index < -0.39 is 17.7 Å². The highest BCUT2D eigenvalue weighted by atomic mass is 16.5. The third kappa shape index (κ3) is 4.37. The Morgan fingerprint density at radius 2 is 1.76 bits per heavy atom. The minimum absolute atomic E-state index is 0.0640. The maximum atomic E-state index is 13.1. The van der Waals surface area contributed by atoms with E-state index in [0.29, 0.717) is 29.0 Å². The lowest BCUT2D eigenvalue weighted by atomic mass is 9.96. The summed E-state index contributed by atoms with van der Waals surface area (Å²) >= 11 is 0. The third-order valence-corrected chi connectivity index (χ3v) is 5.95. The fourth-order valence-corrected chi connectivity index (χ4v) is 4.15. The molecule has 0 radical (unpaired) electrons. The number of benzene rings is 2. The van der Waals surface area contributed by atoms with Crippen molar-refractivity contribution in [2.24, 2.45) is 0 Å². The van der Waals surface area contributed by atoms with Crippen molar-refractivity contribution in [3.05, 3.63) is 94.8 Å². The zero-order valence-electron chi connectivity index (χ0n) is 19.3. The lowest BCUT2D eigenvalue weighted by Gasteiger charge is -2.25. The van der Waals surface area contributed by atoms with Crippen molar-refractivity contribution in [2.75, 3.05) is 20.8 Å². The third-order valence-electron chi connectivity index (χ3n) is 5.95. The fraction of sp³-hybridized carbons (Fsp3) is 0.222. The van der Waals surface area contributed by atoms with Gasteiger partial charge >= 0.3 is 0 Å². The molecule has 4 rings (SSSR count). The molecule has 1 atom stereocenters. The van der Waals surface area contributed by atoms with Crippen LogP contribution in [0.15, 0.2) is 72.6 Å². The Morgan fingerprint density at radius 1 is 1.03 bits per heavy atom. The molecule has 1 N–H and O–H groups in total. The van der Waals surface area contributed by atoms with E-state index in [1.807, 2.05) is 31.2 Å². The number of carbonyl (C=O) groups excluding carboxylic acids is 2. The number of ketones is 1. The van der Waals surface area contributed by atoms with Gasteiger partial charge in [0.05, 0.1) is 25.8 Å². The van der Waals surface area contributed by atoms with Gasteiger partial charge in [-0.3, -0.25) is 14.6 Å². The average Bonchev–Trinajstić information content (AvgIpc) is 3.12. The highest BCUT2D eigenvalue weighted by Gasteiger charge is 2.45. The van der Waals surface area contributed by atoms with Gasteiger partial charge < -0.3 is 19.5 Å². The van der Waals surface area contributed by atoms with E-state index in [4.69, 9.17) is 9.47 Å². The Kier molecular flexibility index (Phi) is 6.63. The largest absolute Gasteiger partial charge is 0.507 e. The molecule has 34 heavy (non-hydrogen) atoms. The van der Waals surface area contributed by atoms with E-state index in [1.165, 1.54) is 4.90 Å². The molecule has 1 amide bonds. The van der Waals surface area contributed by atoms with Gasteiger partial charge in [-0.05, 0) is 42.7 Å². The Hall–Kier alpha value is -4.13. The smallest absolute Gasteiger partial charge is 0.295 e. The van der Waals surface area contributed by atoms with Gasteiger partial charge in [-0.25, -0.2) is 0 Å². The first-order valence-electron chi connectivity index (χ1n) is 10.9. The van der Waals surface area contributed by atoms with Gasteiger partial charge in [-0.2, -0.15) is 0 Å². The molecule has 7 nitrogen and oxygen atoms in total. The monoisotopic (exact) mass is 458 g/mol. The Bertz CT molecular complexity index is 1240. The SMILES string of the molecule is COc1ccc(CCN2C(=O)C(=O)/C(=C(\O)c3ccc(C)cc3)C2c2cccnc2)cc1OC. The molecule has 1 saturated heterocycles. The highest BCUT2D eigenvalue weighted by molar-refractivity contribution is 6.46. The predicted molar refractivity (Wildman–Crippen MR) is 128 cm³/mol. The first-order valence-corrected chi connectivity index (χ1v) is 10.9. The van der Waals surface area contributed by atoms with Crippen LogP contribution in [0.4, 0.5) is 0 Å². The van der Waals surface area contributed by atoms with E-state index >= 15 is 0 Å². The summed E-state index contributed by atoms with van der Waals surface area (Å²) in [5.41, 5.74) is 3.15. The van der Waals surface area contributed by atoms with Gasteiger partial charge in [0.15, 0.2) is 11.5 Å². The summed E-state index contributed by atoms with van der Waals surface area (Å²) in [5, 5.41) is 11.1. The van der Waals surface area contributed by atoms with Gasteiger partial charge in [0.2, 0.25) is 0 Å². The van der Waals surface area contributed by atoms with Crippen LogP contribution in [-0.2, 0) is 16.0 Å². The van der Waals surface area contributed by atoms with Crippen molar-refractivity contribution < 1.29 is 24.2 Å². The second-order valence-corrected chi connectivity index (χ2v) is 8.08. The van der Waals surface area contributed by atoms with Gasteiger partial charge in [-0.15, -0.1) is 0 Å². The number of aryl methyl sites for hydroxylation is 1. The summed E-state index contributed by atoms with van der Waals surface area (Å²) in [6, 6.07) is 15.5. The number of hydrogen-bond donors (Lipinski definition) is 1. The number of hydrogen-bond acceptors (Lipinski definition) is 6. The molecule has 174 valence electrons. The lowest BCUT2D eigenvalue weighted by molar-refractivity contribution is -0.139. The summed E-state index contributed by atoms with van der Waals surface area (Å²) < 4.78 is 10.7. The fourth-order valence-electron chi connectivity index (χ4n) is 4.15. The molecular weight excluding hydrogens is 432 g/mol. The second kappa shape index (κ2) is 9.79. The number of nitrogens with zero attached hydrogens (tertiary/aromatic N) is 2. The molecule has 0 bridgehead atoms. The van der Waals surface area contributed by atoms with Crippen LogP contribution in [0, 0.1) is 6.92 Å². The minimum Gasteiger partial charge on any atom is -0.507 e. The molecule has 0 saturated carbocycles. The maximum Gasteiger partial charge on any atom is 0.295 e. The van der Waals surface area contributed by atoms with Crippen LogP contribution >= 0.6 is 0 Å². The molecule has 1 aliphatic heterocycles. The van der Waals surface area contributed by atoms with Crippen LogP contribution < -0.4 is 9.47 Å². The Morgan fingerprint density at radius 3 is 2.41 bits per heavy atom. The molecule has 2 aromatic carbocycles. The molecule has 0 spiro atoms. The van der Waals surface area contributed by atoms with E-state index in [0.717, 1.165) is 11.1 Å². The van der Waals surface area contributed by atoms with Gasteiger partial charge in [0.25, 0.3) is 11.7 Å². The number of pyridine rings is 1. The van der Waals surface area contributed by atoms with E-state index in [2.05, 4.69) is 4.98 Å². The van der Waals surface area contributed by atoms with Gasteiger partial charge in [0.1, 0.15) is 5.76 Å². The number of rotatable bonds is 7. The molecule has 7 heteroatoms.